The van der Waals surface area contributed by atoms with Gasteiger partial charge >= 0.3 is 0 Å². The molecule has 1 aliphatic rings. The molecule has 1 aliphatic carbocycles. The van der Waals surface area contributed by atoms with Crippen molar-refractivity contribution in [2.45, 2.75) is 59.4 Å². The molecule has 0 N–H and O–H groups in total. The molecule has 174 valence electrons. The Labute approximate surface area is 199 Å². The van der Waals surface area contributed by atoms with E-state index in [9.17, 15) is 0 Å². The van der Waals surface area contributed by atoms with Gasteiger partial charge in [0.25, 0.3) is 0 Å². The molecular formula is C30H38N2O. The maximum atomic E-state index is 6.00. The number of nitrogens with zero attached hydrogens (tertiary/aromatic N) is 2. The number of methoxy groups -OCH3 is 1. The van der Waals surface area contributed by atoms with Crippen molar-refractivity contribution in [3.05, 3.63) is 82.5 Å². The number of aromatic nitrogens is 1. The van der Waals surface area contributed by atoms with Crippen molar-refractivity contribution < 1.29 is 4.74 Å². The molecule has 4 rings (SSSR count). The number of benzene rings is 2. The molecule has 0 atom stereocenters. The van der Waals surface area contributed by atoms with Gasteiger partial charge in [0.1, 0.15) is 5.75 Å². The van der Waals surface area contributed by atoms with Crippen LogP contribution in [-0.4, -0.2) is 30.1 Å². The molecular weight excluding hydrogens is 404 g/mol. The van der Waals surface area contributed by atoms with Crippen molar-refractivity contribution in [3.8, 4) is 17.0 Å². The monoisotopic (exact) mass is 442 g/mol. The summed E-state index contributed by atoms with van der Waals surface area (Å²) in [6, 6.07) is 17.5. The van der Waals surface area contributed by atoms with Crippen LogP contribution in [0.1, 0.15) is 54.5 Å². The summed E-state index contributed by atoms with van der Waals surface area (Å²) < 4.78 is 6.00. The third kappa shape index (κ3) is 5.65. The third-order valence-corrected chi connectivity index (χ3v) is 6.94. The van der Waals surface area contributed by atoms with E-state index >= 15 is 0 Å². The van der Waals surface area contributed by atoms with Crippen molar-refractivity contribution in [3.63, 3.8) is 0 Å². The molecule has 3 heteroatoms. The lowest BCUT2D eigenvalue weighted by atomic mass is 9.92. The first-order valence-corrected chi connectivity index (χ1v) is 12.5. The van der Waals surface area contributed by atoms with E-state index in [2.05, 4.69) is 80.4 Å². The molecule has 3 aromatic rings. The fourth-order valence-electron chi connectivity index (χ4n) is 4.92. The van der Waals surface area contributed by atoms with E-state index in [4.69, 9.17) is 9.72 Å². The van der Waals surface area contributed by atoms with E-state index in [1.54, 1.807) is 7.11 Å². The Balaban J connectivity index is 1.62. The predicted molar refractivity (Wildman–Crippen MR) is 138 cm³/mol. The Morgan fingerprint density at radius 3 is 2.24 bits per heavy atom. The lowest BCUT2D eigenvalue weighted by Gasteiger charge is -2.25. The summed E-state index contributed by atoms with van der Waals surface area (Å²) in [6.07, 6.45) is 7.87. The van der Waals surface area contributed by atoms with Crippen LogP contribution in [0.5, 0.6) is 5.75 Å². The fourth-order valence-corrected chi connectivity index (χ4v) is 4.92. The topological polar surface area (TPSA) is 25.4 Å². The lowest BCUT2D eigenvalue weighted by molar-refractivity contribution is 0.253. The van der Waals surface area contributed by atoms with Gasteiger partial charge in [-0.05, 0) is 61.6 Å². The van der Waals surface area contributed by atoms with Gasteiger partial charge in [-0.25, -0.2) is 0 Å². The molecule has 0 saturated heterocycles. The van der Waals surface area contributed by atoms with Crippen LogP contribution in [0, 0.1) is 12.8 Å². The average molecular weight is 443 g/mol. The molecule has 1 aromatic heterocycles. The van der Waals surface area contributed by atoms with Gasteiger partial charge in [-0.1, -0.05) is 62.4 Å². The minimum Gasteiger partial charge on any atom is -0.496 e. The summed E-state index contributed by atoms with van der Waals surface area (Å²) in [5.74, 6) is 1.84. The summed E-state index contributed by atoms with van der Waals surface area (Å²) in [6.45, 7) is 9.73. The highest BCUT2D eigenvalue weighted by molar-refractivity contribution is 5.73. The minimum atomic E-state index is 0.851. The standard InChI is InChI=1S/C30H38N2O/c1-5-25-13-10-14-26(6-2)28(25)29-22(3)30(33-4)27(19-31-29)21-32(20-24-15-16-24)18-17-23-11-8-7-9-12-23/h7-14,19,24H,5-6,15-18,20-21H2,1-4H3. The summed E-state index contributed by atoms with van der Waals surface area (Å²) in [7, 11) is 1.80. The van der Waals surface area contributed by atoms with Crippen molar-refractivity contribution in [1.29, 1.82) is 0 Å². The summed E-state index contributed by atoms with van der Waals surface area (Å²) in [5, 5.41) is 0. The van der Waals surface area contributed by atoms with Gasteiger partial charge in [0.05, 0.1) is 12.8 Å². The molecule has 0 spiro atoms. The number of rotatable bonds is 11. The molecule has 33 heavy (non-hydrogen) atoms. The Morgan fingerprint density at radius 2 is 1.64 bits per heavy atom. The van der Waals surface area contributed by atoms with Crippen LogP contribution in [0.2, 0.25) is 0 Å². The molecule has 1 saturated carbocycles. The van der Waals surface area contributed by atoms with Crippen molar-refractivity contribution in [1.82, 2.24) is 9.88 Å². The van der Waals surface area contributed by atoms with E-state index in [0.717, 1.165) is 61.8 Å². The molecule has 2 aromatic carbocycles. The van der Waals surface area contributed by atoms with Gasteiger partial charge in [-0.15, -0.1) is 0 Å². The highest BCUT2D eigenvalue weighted by atomic mass is 16.5. The second-order valence-electron chi connectivity index (χ2n) is 9.36. The molecule has 0 radical (unpaired) electrons. The van der Waals surface area contributed by atoms with E-state index in [1.807, 2.05) is 0 Å². The largest absolute Gasteiger partial charge is 0.496 e. The number of aryl methyl sites for hydroxylation is 2. The zero-order valence-electron chi connectivity index (χ0n) is 20.7. The van der Waals surface area contributed by atoms with Gasteiger partial charge in [0, 0.05) is 42.5 Å². The smallest absolute Gasteiger partial charge is 0.129 e. The first kappa shape index (κ1) is 23.5. The summed E-state index contributed by atoms with van der Waals surface area (Å²) >= 11 is 0. The highest BCUT2D eigenvalue weighted by Gasteiger charge is 2.25. The molecule has 0 unspecified atom stereocenters. The predicted octanol–water partition coefficient (Wildman–Crippen LogP) is 6.65. The van der Waals surface area contributed by atoms with E-state index in [0.29, 0.717) is 0 Å². The van der Waals surface area contributed by atoms with Crippen LogP contribution in [0.3, 0.4) is 0 Å². The Hall–Kier alpha value is -2.65. The molecule has 1 heterocycles. The third-order valence-electron chi connectivity index (χ3n) is 6.94. The Bertz CT molecular complexity index is 1030. The number of ether oxygens (including phenoxy) is 1. The Kier molecular flexibility index (Phi) is 7.82. The quantitative estimate of drug-likeness (QED) is 0.333. The Morgan fingerprint density at radius 1 is 0.939 bits per heavy atom. The maximum Gasteiger partial charge on any atom is 0.129 e. The SMILES string of the molecule is CCc1cccc(CC)c1-c1ncc(CN(CCc2ccccc2)CC2CC2)c(OC)c1C. The van der Waals surface area contributed by atoms with Crippen molar-refractivity contribution >= 4 is 0 Å². The first-order chi connectivity index (χ1) is 16.1. The molecule has 3 nitrogen and oxygen atoms in total. The van der Waals surface area contributed by atoms with Gasteiger partial charge in [-0.3, -0.25) is 9.88 Å². The van der Waals surface area contributed by atoms with E-state index in [-0.39, 0.29) is 0 Å². The van der Waals surface area contributed by atoms with Gasteiger partial charge < -0.3 is 4.74 Å². The summed E-state index contributed by atoms with van der Waals surface area (Å²) in [4.78, 5) is 7.63. The van der Waals surface area contributed by atoms with E-state index < -0.39 is 0 Å². The average Bonchev–Trinajstić information content (AvgIpc) is 3.67. The first-order valence-electron chi connectivity index (χ1n) is 12.5. The van der Waals surface area contributed by atoms with Gasteiger partial charge in [0.2, 0.25) is 0 Å². The number of hydrogen-bond donors (Lipinski definition) is 0. The molecule has 0 amide bonds. The van der Waals surface area contributed by atoms with Crippen LogP contribution in [0.4, 0.5) is 0 Å². The number of pyridine rings is 1. The van der Waals surface area contributed by atoms with Crippen LogP contribution in [0.25, 0.3) is 11.3 Å². The van der Waals surface area contributed by atoms with Crippen molar-refractivity contribution in [2.24, 2.45) is 5.92 Å². The fraction of sp³-hybridized carbons (Fsp3) is 0.433. The van der Waals surface area contributed by atoms with Crippen molar-refractivity contribution in [2.75, 3.05) is 20.2 Å². The second-order valence-corrected chi connectivity index (χ2v) is 9.36. The molecule has 1 fully saturated rings. The zero-order valence-corrected chi connectivity index (χ0v) is 20.7. The maximum absolute atomic E-state index is 6.00. The molecule has 0 aliphatic heterocycles. The second kappa shape index (κ2) is 11.0. The van der Waals surface area contributed by atoms with Gasteiger partial charge in [0.15, 0.2) is 0 Å². The van der Waals surface area contributed by atoms with Gasteiger partial charge in [-0.2, -0.15) is 0 Å². The van der Waals surface area contributed by atoms with E-state index in [1.165, 1.54) is 40.7 Å². The van der Waals surface area contributed by atoms with Crippen LogP contribution in [0.15, 0.2) is 54.7 Å². The number of hydrogen-bond acceptors (Lipinski definition) is 3. The zero-order chi connectivity index (χ0) is 23.2. The van der Waals surface area contributed by atoms with Crippen LogP contribution < -0.4 is 4.74 Å². The lowest BCUT2D eigenvalue weighted by Crippen LogP contribution is -2.28. The van der Waals surface area contributed by atoms with Crippen LogP contribution >= 0.6 is 0 Å². The van der Waals surface area contributed by atoms with Crippen LogP contribution in [-0.2, 0) is 25.8 Å². The minimum absolute atomic E-state index is 0.851. The normalized spacial score (nSPS) is 13.5. The molecule has 0 bridgehead atoms. The summed E-state index contributed by atoms with van der Waals surface area (Å²) in [5.41, 5.74) is 8.83. The highest BCUT2D eigenvalue weighted by Crippen LogP contribution is 2.36.